The number of likely N-dealkylation sites (N-methyl/N-ethyl adjacent to an activating group) is 1. The van der Waals surface area contributed by atoms with Gasteiger partial charge in [0.25, 0.3) is 0 Å². The fourth-order valence-electron chi connectivity index (χ4n) is 2.60. The second kappa shape index (κ2) is 2.73. The van der Waals surface area contributed by atoms with Gasteiger partial charge in [0.1, 0.15) is 5.54 Å². The highest BCUT2D eigenvalue weighted by molar-refractivity contribution is 5.88. The van der Waals surface area contributed by atoms with Crippen molar-refractivity contribution in [1.29, 1.82) is 0 Å². The predicted octanol–water partition coefficient (Wildman–Crippen LogP) is 0.361. The van der Waals surface area contributed by atoms with Crippen LogP contribution in [0.2, 0.25) is 0 Å². The second-order valence-electron chi connectivity index (χ2n) is 3.72. The highest BCUT2D eigenvalue weighted by Gasteiger charge is 2.49. The standard InChI is InChI=1S/C9H16N2O/c1-2-11-7-3-4-9(11)5-6-10-8(9)12/h2-7H2,1H3,(H,10,12). The van der Waals surface area contributed by atoms with Crippen molar-refractivity contribution in [3.05, 3.63) is 0 Å². The van der Waals surface area contributed by atoms with Crippen molar-refractivity contribution in [2.45, 2.75) is 31.7 Å². The maximum absolute atomic E-state index is 11.6. The van der Waals surface area contributed by atoms with Crippen molar-refractivity contribution >= 4 is 5.91 Å². The van der Waals surface area contributed by atoms with E-state index in [1.54, 1.807) is 0 Å². The maximum atomic E-state index is 11.6. The van der Waals surface area contributed by atoms with E-state index in [0.717, 1.165) is 32.5 Å². The van der Waals surface area contributed by atoms with Gasteiger partial charge in [-0.1, -0.05) is 6.92 Å². The van der Waals surface area contributed by atoms with Crippen LogP contribution in [0.1, 0.15) is 26.2 Å². The van der Waals surface area contributed by atoms with E-state index in [4.69, 9.17) is 0 Å². The highest BCUT2D eigenvalue weighted by Crippen LogP contribution is 2.34. The summed E-state index contributed by atoms with van der Waals surface area (Å²) < 4.78 is 0. The second-order valence-corrected chi connectivity index (χ2v) is 3.72. The first-order valence-corrected chi connectivity index (χ1v) is 4.83. The molecular weight excluding hydrogens is 152 g/mol. The number of rotatable bonds is 1. The van der Waals surface area contributed by atoms with Gasteiger partial charge in [-0.3, -0.25) is 9.69 Å². The molecule has 2 aliphatic rings. The van der Waals surface area contributed by atoms with Crippen LogP contribution in [0.3, 0.4) is 0 Å². The highest BCUT2D eigenvalue weighted by atomic mass is 16.2. The molecule has 2 aliphatic heterocycles. The zero-order valence-corrected chi connectivity index (χ0v) is 7.60. The Hall–Kier alpha value is -0.570. The van der Waals surface area contributed by atoms with Crippen molar-refractivity contribution in [2.75, 3.05) is 19.6 Å². The van der Waals surface area contributed by atoms with Crippen LogP contribution < -0.4 is 5.32 Å². The lowest BCUT2D eigenvalue weighted by molar-refractivity contribution is -0.128. The Morgan fingerprint density at radius 2 is 2.42 bits per heavy atom. The van der Waals surface area contributed by atoms with Gasteiger partial charge in [0.15, 0.2) is 0 Å². The van der Waals surface area contributed by atoms with Gasteiger partial charge in [-0.15, -0.1) is 0 Å². The van der Waals surface area contributed by atoms with Crippen LogP contribution in [-0.4, -0.2) is 36.0 Å². The Labute approximate surface area is 73.1 Å². The number of carbonyl (C=O) groups excluding carboxylic acids is 1. The van der Waals surface area contributed by atoms with Crippen LogP contribution in [0.15, 0.2) is 0 Å². The first-order valence-electron chi connectivity index (χ1n) is 4.83. The molecule has 0 saturated carbocycles. The molecule has 2 fully saturated rings. The summed E-state index contributed by atoms with van der Waals surface area (Å²) in [7, 11) is 0. The number of nitrogens with one attached hydrogen (secondary N) is 1. The minimum atomic E-state index is -0.102. The number of carbonyl (C=O) groups is 1. The van der Waals surface area contributed by atoms with E-state index < -0.39 is 0 Å². The van der Waals surface area contributed by atoms with E-state index in [2.05, 4.69) is 17.1 Å². The van der Waals surface area contributed by atoms with Crippen LogP contribution in [0.4, 0.5) is 0 Å². The first kappa shape index (κ1) is 8.05. The summed E-state index contributed by atoms with van der Waals surface area (Å²) in [5, 5.41) is 2.94. The molecular formula is C9H16N2O. The molecule has 0 aromatic carbocycles. The van der Waals surface area contributed by atoms with Crippen molar-refractivity contribution < 1.29 is 4.79 Å². The van der Waals surface area contributed by atoms with Crippen LogP contribution in [0, 0.1) is 0 Å². The minimum absolute atomic E-state index is 0.102. The molecule has 3 heteroatoms. The Kier molecular flexibility index (Phi) is 1.83. The Morgan fingerprint density at radius 3 is 3.00 bits per heavy atom. The van der Waals surface area contributed by atoms with E-state index in [0.29, 0.717) is 0 Å². The van der Waals surface area contributed by atoms with Gasteiger partial charge < -0.3 is 5.32 Å². The Bertz CT molecular complexity index is 201. The summed E-state index contributed by atoms with van der Waals surface area (Å²) in [5.74, 6) is 0.266. The molecule has 0 aromatic heterocycles. The van der Waals surface area contributed by atoms with Crippen molar-refractivity contribution in [3.63, 3.8) is 0 Å². The molecule has 68 valence electrons. The molecule has 1 spiro atoms. The summed E-state index contributed by atoms with van der Waals surface area (Å²) in [4.78, 5) is 13.9. The summed E-state index contributed by atoms with van der Waals surface area (Å²) in [5.41, 5.74) is -0.102. The van der Waals surface area contributed by atoms with Crippen molar-refractivity contribution in [1.82, 2.24) is 10.2 Å². The summed E-state index contributed by atoms with van der Waals surface area (Å²) >= 11 is 0. The van der Waals surface area contributed by atoms with Gasteiger partial charge in [0.2, 0.25) is 5.91 Å². The minimum Gasteiger partial charge on any atom is -0.354 e. The van der Waals surface area contributed by atoms with E-state index in [9.17, 15) is 4.79 Å². The average Bonchev–Trinajstić information content (AvgIpc) is 2.62. The molecule has 1 N–H and O–H groups in total. The molecule has 2 saturated heterocycles. The normalized spacial score (nSPS) is 36.2. The summed E-state index contributed by atoms with van der Waals surface area (Å²) in [6, 6.07) is 0. The lowest BCUT2D eigenvalue weighted by Crippen LogP contribution is -2.49. The summed E-state index contributed by atoms with van der Waals surface area (Å²) in [6.07, 6.45) is 3.26. The number of likely N-dealkylation sites (tertiary alicyclic amines) is 1. The summed E-state index contributed by atoms with van der Waals surface area (Å²) in [6.45, 7) is 5.12. The lowest BCUT2D eigenvalue weighted by atomic mass is 9.94. The molecule has 0 bridgehead atoms. The molecule has 2 heterocycles. The number of nitrogens with zero attached hydrogens (tertiary/aromatic N) is 1. The van der Waals surface area contributed by atoms with Crippen LogP contribution >= 0.6 is 0 Å². The number of amides is 1. The molecule has 0 aliphatic carbocycles. The smallest absolute Gasteiger partial charge is 0.240 e. The predicted molar refractivity (Wildman–Crippen MR) is 46.8 cm³/mol. The number of hydrogen-bond donors (Lipinski definition) is 1. The monoisotopic (exact) mass is 168 g/mol. The molecule has 12 heavy (non-hydrogen) atoms. The third kappa shape index (κ3) is 0.891. The third-order valence-corrected chi connectivity index (χ3v) is 3.25. The van der Waals surface area contributed by atoms with Gasteiger partial charge in [0, 0.05) is 6.54 Å². The maximum Gasteiger partial charge on any atom is 0.240 e. The van der Waals surface area contributed by atoms with Gasteiger partial charge in [-0.2, -0.15) is 0 Å². The Balaban J connectivity index is 2.22. The Morgan fingerprint density at radius 1 is 1.58 bits per heavy atom. The largest absolute Gasteiger partial charge is 0.354 e. The molecule has 3 nitrogen and oxygen atoms in total. The third-order valence-electron chi connectivity index (χ3n) is 3.25. The quantitative estimate of drug-likeness (QED) is 0.613. The van der Waals surface area contributed by atoms with Crippen molar-refractivity contribution in [2.24, 2.45) is 0 Å². The average molecular weight is 168 g/mol. The lowest BCUT2D eigenvalue weighted by Gasteiger charge is -2.30. The van der Waals surface area contributed by atoms with E-state index in [1.165, 1.54) is 6.42 Å². The van der Waals surface area contributed by atoms with Gasteiger partial charge >= 0.3 is 0 Å². The van der Waals surface area contributed by atoms with E-state index in [1.807, 2.05) is 0 Å². The molecule has 2 rings (SSSR count). The molecule has 1 unspecified atom stereocenters. The fourth-order valence-corrected chi connectivity index (χ4v) is 2.60. The van der Waals surface area contributed by atoms with Crippen LogP contribution in [0.5, 0.6) is 0 Å². The van der Waals surface area contributed by atoms with Crippen LogP contribution in [-0.2, 0) is 4.79 Å². The number of hydrogen-bond acceptors (Lipinski definition) is 2. The zero-order chi connectivity index (χ0) is 8.60. The van der Waals surface area contributed by atoms with E-state index in [-0.39, 0.29) is 11.4 Å². The van der Waals surface area contributed by atoms with Crippen molar-refractivity contribution in [3.8, 4) is 0 Å². The van der Waals surface area contributed by atoms with E-state index >= 15 is 0 Å². The van der Waals surface area contributed by atoms with Crippen LogP contribution in [0.25, 0.3) is 0 Å². The van der Waals surface area contributed by atoms with Gasteiger partial charge in [-0.05, 0) is 32.4 Å². The molecule has 1 atom stereocenters. The molecule has 1 amide bonds. The fraction of sp³-hybridized carbons (Fsp3) is 0.889. The molecule has 0 radical (unpaired) electrons. The topological polar surface area (TPSA) is 32.3 Å². The van der Waals surface area contributed by atoms with Gasteiger partial charge in [-0.25, -0.2) is 0 Å². The zero-order valence-electron chi connectivity index (χ0n) is 7.60. The SMILES string of the molecule is CCN1CCCC12CCNC2=O. The first-order chi connectivity index (χ1) is 5.79. The van der Waals surface area contributed by atoms with Gasteiger partial charge in [0.05, 0.1) is 0 Å². The molecule has 0 aromatic rings.